The zero-order valence-corrected chi connectivity index (χ0v) is 7.49. The summed E-state index contributed by atoms with van der Waals surface area (Å²) in [5.41, 5.74) is 1.16. The Morgan fingerprint density at radius 3 is 2.54 bits per heavy atom. The lowest BCUT2D eigenvalue weighted by Crippen LogP contribution is -1.85. The normalized spacial score (nSPS) is 10.2. The molecule has 0 fully saturated rings. The van der Waals surface area contributed by atoms with E-state index in [4.69, 9.17) is 11.6 Å². The smallest absolute Gasteiger partial charge is 0.150 e. The number of allylic oxidation sites excluding steroid dienone is 1. The summed E-state index contributed by atoms with van der Waals surface area (Å²) >= 11 is 5.68. The molecule has 0 unspecified atom stereocenters. The van der Waals surface area contributed by atoms with Gasteiger partial charge in [-0.15, -0.1) is 0 Å². The van der Waals surface area contributed by atoms with E-state index in [0.717, 1.165) is 0 Å². The molecule has 0 saturated heterocycles. The predicted octanol–water partition coefficient (Wildman–Crippen LogP) is 2.36. The van der Waals surface area contributed by atoms with Gasteiger partial charge in [-0.1, -0.05) is 23.7 Å². The highest BCUT2D eigenvalue weighted by molar-refractivity contribution is 6.30. The van der Waals surface area contributed by atoms with Crippen LogP contribution in [-0.4, -0.2) is 12.6 Å². The maximum absolute atomic E-state index is 10.6. The molecule has 66 valence electrons. The average molecular weight is 195 g/mol. The quantitative estimate of drug-likeness (QED) is 0.547. The van der Waals surface area contributed by atoms with Crippen LogP contribution in [0.5, 0.6) is 0 Å². The van der Waals surface area contributed by atoms with Crippen LogP contribution in [0.15, 0.2) is 24.3 Å². The van der Waals surface area contributed by atoms with Crippen molar-refractivity contribution in [2.24, 2.45) is 0 Å². The van der Waals surface area contributed by atoms with Gasteiger partial charge in [0, 0.05) is 10.6 Å². The van der Waals surface area contributed by atoms with Crippen LogP contribution in [0.1, 0.15) is 15.9 Å². The first-order valence-electron chi connectivity index (χ1n) is 3.64. The fraction of sp³-hybridized carbons (Fsp3) is 0. The Morgan fingerprint density at radius 1 is 1.15 bits per heavy atom. The van der Waals surface area contributed by atoms with Crippen molar-refractivity contribution >= 4 is 30.2 Å². The molecule has 2 nitrogen and oxygen atoms in total. The molecule has 1 rings (SSSR count). The summed E-state index contributed by atoms with van der Waals surface area (Å²) in [7, 11) is 0. The Balaban J connectivity index is 3.12. The fourth-order valence-electron chi connectivity index (χ4n) is 0.942. The second-order valence-corrected chi connectivity index (χ2v) is 2.82. The summed E-state index contributed by atoms with van der Waals surface area (Å²) in [5, 5.41) is 0.505. The fourth-order valence-corrected chi connectivity index (χ4v) is 1.12. The lowest BCUT2D eigenvalue weighted by atomic mass is 10.1. The van der Waals surface area contributed by atoms with Crippen molar-refractivity contribution in [1.82, 2.24) is 0 Å². The maximum Gasteiger partial charge on any atom is 0.150 e. The van der Waals surface area contributed by atoms with Crippen molar-refractivity contribution in [3.8, 4) is 0 Å². The van der Waals surface area contributed by atoms with E-state index in [0.29, 0.717) is 28.7 Å². The molecule has 0 aliphatic carbocycles. The van der Waals surface area contributed by atoms with Crippen LogP contribution in [-0.2, 0) is 4.79 Å². The molecule has 0 N–H and O–H groups in total. The largest absolute Gasteiger partial charge is 0.299 e. The summed E-state index contributed by atoms with van der Waals surface area (Å²) in [6.07, 6.45) is 4.25. The lowest BCUT2D eigenvalue weighted by Gasteiger charge is -1.97. The van der Waals surface area contributed by atoms with E-state index in [9.17, 15) is 9.59 Å². The zero-order chi connectivity index (χ0) is 9.68. The van der Waals surface area contributed by atoms with Crippen molar-refractivity contribution in [3.63, 3.8) is 0 Å². The molecular weight excluding hydrogens is 188 g/mol. The highest BCUT2D eigenvalue weighted by Crippen LogP contribution is 2.15. The molecule has 0 amide bonds. The second-order valence-electron chi connectivity index (χ2n) is 2.39. The molecule has 3 heteroatoms. The first-order chi connectivity index (χ1) is 6.27. The average Bonchev–Trinajstić information content (AvgIpc) is 2.16. The van der Waals surface area contributed by atoms with Gasteiger partial charge in [-0.2, -0.15) is 0 Å². The third-order valence-corrected chi connectivity index (χ3v) is 1.77. The number of halogens is 1. The Hall–Kier alpha value is -1.41. The van der Waals surface area contributed by atoms with Gasteiger partial charge in [0.05, 0.1) is 0 Å². The Labute approximate surface area is 80.8 Å². The van der Waals surface area contributed by atoms with Crippen LogP contribution in [0.3, 0.4) is 0 Å². The van der Waals surface area contributed by atoms with Crippen LogP contribution in [0, 0.1) is 0 Å². The van der Waals surface area contributed by atoms with Gasteiger partial charge in [0.15, 0.2) is 6.29 Å². The van der Waals surface area contributed by atoms with E-state index < -0.39 is 0 Å². The number of rotatable bonds is 3. The van der Waals surface area contributed by atoms with Crippen LogP contribution in [0.2, 0.25) is 5.02 Å². The minimum atomic E-state index is 0.477. The van der Waals surface area contributed by atoms with Gasteiger partial charge in [-0.25, -0.2) is 0 Å². The number of carbonyl (C=O) groups is 2. The Morgan fingerprint density at radius 2 is 1.92 bits per heavy atom. The van der Waals surface area contributed by atoms with E-state index in [1.807, 2.05) is 0 Å². The summed E-state index contributed by atoms with van der Waals surface area (Å²) in [6, 6.07) is 4.91. The van der Waals surface area contributed by atoms with E-state index >= 15 is 0 Å². The third-order valence-electron chi connectivity index (χ3n) is 1.53. The predicted molar refractivity (Wildman–Crippen MR) is 51.9 cm³/mol. The summed E-state index contributed by atoms with van der Waals surface area (Å²) < 4.78 is 0. The maximum atomic E-state index is 10.6. The highest BCUT2D eigenvalue weighted by Gasteiger charge is 1.98. The highest BCUT2D eigenvalue weighted by atomic mass is 35.5. The molecule has 0 heterocycles. The summed E-state index contributed by atoms with van der Waals surface area (Å²) in [6.45, 7) is 0. The number of benzene rings is 1. The molecule has 0 saturated carbocycles. The van der Waals surface area contributed by atoms with Crippen LogP contribution >= 0.6 is 11.6 Å². The molecule has 0 bridgehead atoms. The molecular formula is C10H7ClO2. The third kappa shape index (κ3) is 2.53. The molecule has 0 aromatic heterocycles. The van der Waals surface area contributed by atoms with Gasteiger partial charge < -0.3 is 0 Å². The van der Waals surface area contributed by atoms with Crippen LogP contribution in [0.25, 0.3) is 6.08 Å². The van der Waals surface area contributed by atoms with E-state index in [1.54, 1.807) is 24.3 Å². The van der Waals surface area contributed by atoms with Gasteiger partial charge in [0.1, 0.15) is 6.29 Å². The van der Waals surface area contributed by atoms with Gasteiger partial charge in [0.2, 0.25) is 0 Å². The molecule has 0 atom stereocenters. The van der Waals surface area contributed by atoms with E-state index in [-0.39, 0.29) is 0 Å². The van der Waals surface area contributed by atoms with Crippen molar-refractivity contribution < 1.29 is 9.59 Å². The number of carbonyl (C=O) groups excluding carboxylic acids is 2. The number of aldehydes is 2. The monoisotopic (exact) mass is 194 g/mol. The van der Waals surface area contributed by atoms with Gasteiger partial charge in [0.25, 0.3) is 0 Å². The zero-order valence-electron chi connectivity index (χ0n) is 6.74. The Bertz CT molecular complexity index is 356. The lowest BCUT2D eigenvalue weighted by molar-refractivity contribution is -0.104. The van der Waals surface area contributed by atoms with Crippen molar-refractivity contribution in [3.05, 3.63) is 40.4 Å². The number of hydrogen-bond donors (Lipinski definition) is 0. The van der Waals surface area contributed by atoms with Gasteiger partial charge in [-0.3, -0.25) is 9.59 Å². The molecule has 13 heavy (non-hydrogen) atoms. The summed E-state index contributed by atoms with van der Waals surface area (Å²) in [5.74, 6) is 0. The van der Waals surface area contributed by atoms with Crippen molar-refractivity contribution in [2.75, 3.05) is 0 Å². The molecule has 0 aliphatic rings. The van der Waals surface area contributed by atoms with E-state index in [1.165, 1.54) is 6.08 Å². The summed E-state index contributed by atoms with van der Waals surface area (Å²) in [4.78, 5) is 20.6. The SMILES string of the molecule is O=CC=Cc1ccc(Cl)cc1C=O. The molecule has 1 aromatic carbocycles. The topological polar surface area (TPSA) is 34.1 Å². The molecule has 0 spiro atoms. The van der Waals surface area contributed by atoms with E-state index in [2.05, 4.69) is 0 Å². The minimum Gasteiger partial charge on any atom is -0.299 e. The van der Waals surface area contributed by atoms with Crippen molar-refractivity contribution in [2.45, 2.75) is 0 Å². The first-order valence-corrected chi connectivity index (χ1v) is 4.02. The van der Waals surface area contributed by atoms with Crippen LogP contribution < -0.4 is 0 Å². The van der Waals surface area contributed by atoms with Crippen LogP contribution in [0.4, 0.5) is 0 Å². The molecule has 0 aliphatic heterocycles. The first kappa shape index (κ1) is 9.68. The standard InChI is InChI=1S/C10H7ClO2/c11-10-4-3-8(2-1-5-12)9(6-10)7-13/h1-7H. The number of hydrogen-bond acceptors (Lipinski definition) is 2. The van der Waals surface area contributed by atoms with Crippen molar-refractivity contribution in [1.29, 1.82) is 0 Å². The Kier molecular flexibility index (Phi) is 3.41. The van der Waals surface area contributed by atoms with Gasteiger partial charge >= 0.3 is 0 Å². The second kappa shape index (κ2) is 4.58. The van der Waals surface area contributed by atoms with Gasteiger partial charge in [-0.05, 0) is 23.8 Å². The minimum absolute atomic E-state index is 0.477. The molecule has 0 radical (unpaired) electrons. The molecule has 1 aromatic rings.